The van der Waals surface area contributed by atoms with E-state index < -0.39 is 0 Å². The van der Waals surface area contributed by atoms with Gasteiger partial charge in [-0.1, -0.05) is 30.8 Å². The molecule has 0 aromatic heterocycles. The number of benzene rings is 2. The van der Waals surface area contributed by atoms with E-state index in [9.17, 15) is 0 Å². The monoisotopic (exact) mass is 375 g/mol. The van der Waals surface area contributed by atoms with Crippen LogP contribution in [0, 0.1) is 0 Å². The molecule has 0 radical (unpaired) electrons. The molecule has 0 fully saturated rings. The number of ether oxygens (including phenoxy) is 2. The van der Waals surface area contributed by atoms with E-state index in [1.54, 1.807) is 0 Å². The van der Waals surface area contributed by atoms with Crippen LogP contribution in [0.2, 0.25) is 0 Å². The van der Waals surface area contributed by atoms with E-state index in [1.165, 1.54) is 0 Å². The number of aliphatic hydroxyl groups excluding tert-OH is 1. The van der Waals surface area contributed by atoms with E-state index in [1.807, 2.05) is 36.4 Å². The van der Waals surface area contributed by atoms with Gasteiger partial charge in [-0.2, -0.15) is 0 Å². The second-order valence-electron chi connectivity index (χ2n) is 7.72. The van der Waals surface area contributed by atoms with Gasteiger partial charge in [0.1, 0.15) is 23.7 Å². The number of nitrogens with zero attached hydrogens (tertiary/aromatic N) is 1. The molecule has 0 unspecified atom stereocenters. The zero-order chi connectivity index (χ0) is 19.7. The first kappa shape index (κ1) is 18.5. The Morgan fingerprint density at radius 1 is 1.11 bits per heavy atom. The number of aliphatic imine (C=N–C) groups is 1. The molecule has 2 aromatic rings. The Morgan fingerprint density at radius 2 is 1.82 bits per heavy atom. The molecule has 144 valence electrons. The number of rotatable bonds is 4. The van der Waals surface area contributed by atoms with Crippen LogP contribution in [0.25, 0.3) is 5.76 Å². The van der Waals surface area contributed by atoms with Crippen molar-refractivity contribution in [2.75, 3.05) is 13.2 Å². The number of allylic oxidation sites excluding steroid dienone is 2. The van der Waals surface area contributed by atoms with Crippen LogP contribution >= 0.6 is 0 Å². The quantitative estimate of drug-likeness (QED) is 0.814. The predicted octanol–water partition coefficient (Wildman–Crippen LogP) is 5.05. The summed E-state index contributed by atoms with van der Waals surface area (Å²) in [6.45, 7) is 8.90. The van der Waals surface area contributed by atoms with Crippen LogP contribution in [0.4, 0.5) is 5.69 Å². The minimum absolute atomic E-state index is 0.00299. The van der Waals surface area contributed by atoms with Crippen molar-refractivity contribution in [1.29, 1.82) is 0 Å². The standard InChI is InChI=1S/C24H25NO3/c1-16-19-12-13-24(2,3)28-23(19)21-7-5-4-6-20(21)22(16)25-17-8-10-18(11-9-17)27-15-14-26/h4-11,26H,1,12-15H2,2-3H3/b25-22-. The Kier molecular flexibility index (Phi) is 4.82. The zero-order valence-electron chi connectivity index (χ0n) is 16.4. The predicted molar refractivity (Wildman–Crippen MR) is 112 cm³/mol. The second kappa shape index (κ2) is 7.28. The average Bonchev–Trinajstić information content (AvgIpc) is 2.70. The van der Waals surface area contributed by atoms with Crippen LogP contribution < -0.4 is 4.74 Å². The second-order valence-corrected chi connectivity index (χ2v) is 7.72. The molecule has 1 aliphatic carbocycles. The normalized spacial score (nSPS) is 19.1. The first-order valence-electron chi connectivity index (χ1n) is 9.62. The van der Waals surface area contributed by atoms with Crippen LogP contribution in [-0.4, -0.2) is 29.6 Å². The molecule has 2 aliphatic rings. The number of aliphatic hydroxyl groups is 1. The zero-order valence-corrected chi connectivity index (χ0v) is 16.4. The Balaban J connectivity index is 1.74. The van der Waals surface area contributed by atoms with Crippen LogP contribution in [0.15, 0.2) is 71.2 Å². The summed E-state index contributed by atoms with van der Waals surface area (Å²) in [7, 11) is 0. The SMILES string of the molecule is C=C1C2=C(OC(C)(C)CC2)c2ccccc2/C1=N\c1ccc(OCCO)cc1. The van der Waals surface area contributed by atoms with E-state index >= 15 is 0 Å². The van der Waals surface area contributed by atoms with E-state index in [0.29, 0.717) is 5.75 Å². The molecule has 1 heterocycles. The topological polar surface area (TPSA) is 51.0 Å². The van der Waals surface area contributed by atoms with Gasteiger partial charge >= 0.3 is 0 Å². The van der Waals surface area contributed by atoms with Crippen molar-refractivity contribution in [3.8, 4) is 5.75 Å². The van der Waals surface area contributed by atoms with Gasteiger partial charge < -0.3 is 14.6 Å². The summed E-state index contributed by atoms with van der Waals surface area (Å²) in [6.07, 6.45) is 1.89. The third kappa shape index (κ3) is 3.48. The van der Waals surface area contributed by atoms with Gasteiger partial charge in [-0.05, 0) is 51.0 Å². The molecule has 4 heteroatoms. The molecule has 0 bridgehead atoms. The van der Waals surface area contributed by atoms with E-state index in [-0.39, 0.29) is 18.8 Å². The Labute approximate surface area is 165 Å². The highest BCUT2D eigenvalue weighted by atomic mass is 16.5. The maximum absolute atomic E-state index is 8.88. The molecule has 1 N–H and O–H groups in total. The average molecular weight is 375 g/mol. The first-order valence-corrected chi connectivity index (χ1v) is 9.62. The van der Waals surface area contributed by atoms with Crippen molar-refractivity contribution in [3.63, 3.8) is 0 Å². The summed E-state index contributed by atoms with van der Waals surface area (Å²) in [5.74, 6) is 1.66. The van der Waals surface area contributed by atoms with Crippen molar-refractivity contribution in [2.24, 2.45) is 4.99 Å². The van der Waals surface area contributed by atoms with Crippen molar-refractivity contribution < 1.29 is 14.6 Å². The van der Waals surface area contributed by atoms with Gasteiger partial charge in [0.25, 0.3) is 0 Å². The Bertz CT molecular complexity index is 968. The highest BCUT2D eigenvalue weighted by molar-refractivity contribution is 6.21. The third-order valence-corrected chi connectivity index (χ3v) is 5.14. The van der Waals surface area contributed by atoms with Crippen molar-refractivity contribution in [3.05, 3.63) is 77.4 Å². The van der Waals surface area contributed by atoms with E-state index in [4.69, 9.17) is 19.6 Å². The first-order chi connectivity index (χ1) is 13.5. The summed E-state index contributed by atoms with van der Waals surface area (Å²) in [5, 5.41) is 8.88. The highest BCUT2D eigenvalue weighted by Crippen LogP contribution is 2.44. The van der Waals surface area contributed by atoms with Crippen LogP contribution in [0.3, 0.4) is 0 Å². The molecule has 0 saturated carbocycles. The van der Waals surface area contributed by atoms with Crippen LogP contribution in [0.5, 0.6) is 5.75 Å². The van der Waals surface area contributed by atoms with Gasteiger partial charge in [-0.3, -0.25) is 0 Å². The van der Waals surface area contributed by atoms with Crippen molar-refractivity contribution >= 4 is 17.2 Å². The Morgan fingerprint density at radius 3 is 2.54 bits per heavy atom. The summed E-state index contributed by atoms with van der Waals surface area (Å²) < 4.78 is 11.8. The molecule has 2 aromatic carbocycles. The molecular weight excluding hydrogens is 350 g/mol. The fourth-order valence-corrected chi connectivity index (χ4v) is 3.66. The minimum atomic E-state index is -0.175. The lowest BCUT2D eigenvalue weighted by molar-refractivity contribution is 0.0567. The summed E-state index contributed by atoms with van der Waals surface area (Å²) in [6, 6.07) is 15.8. The van der Waals surface area contributed by atoms with Gasteiger partial charge in [0.15, 0.2) is 0 Å². The van der Waals surface area contributed by atoms with Gasteiger partial charge in [-0.25, -0.2) is 4.99 Å². The molecule has 0 amide bonds. The highest BCUT2D eigenvalue weighted by Gasteiger charge is 2.35. The van der Waals surface area contributed by atoms with Crippen LogP contribution in [-0.2, 0) is 4.74 Å². The molecule has 28 heavy (non-hydrogen) atoms. The largest absolute Gasteiger partial charge is 0.491 e. The molecule has 0 saturated heterocycles. The van der Waals surface area contributed by atoms with Gasteiger partial charge in [0.05, 0.1) is 18.0 Å². The molecule has 4 rings (SSSR count). The van der Waals surface area contributed by atoms with E-state index in [0.717, 1.165) is 52.3 Å². The van der Waals surface area contributed by atoms with Crippen molar-refractivity contribution in [2.45, 2.75) is 32.3 Å². The molecule has 4 nitrogen and oxygen atoms in total. The lowest BCUT2D eigenvalue weighted by Crippen LogP contribution is -2.31. The molecular formula is C24H25NO3. The fraction of sp³-hybridized carbons (Fsp3) is 0.292. The van der Waals surface area contributed by atoms with Crippen molar-refractivity contribution in [1.82, 2.24) is 0 Å². The Hall–Kier alpha value is -2.85. The summed E-state index contributed by atoms with van der Waals surface area (Å²) in [5.41, 5.74) is 5.77. The lowest BCUT2D eigenvalue weighted by atomic mass is 9.80. The third-order valence-electron chi connectivity index (χ3n) is 5.14. The maximum Gasteiger partial charge on any atom is 0.131 e. The number of hydrogen-bond donors (Lipinski definition) is 1. The summed E-state index contributed by atoms with van der Waals surface area (Å²) >= 11 is 0. The molecule has 0 spiro atoms. The lowest BCUT2D eigenvalue weighted by Gasteiger charge is -2.38. The fourth-order valence-electron chi connectivity index (χ4n) is 3.66. The minimum Gasteiger partial charge on any atom is -0.491 e. The maximum atomic E-state index is 8.88. The smallest absolute Gasteiger partial charge is 0.131 e. The number of hydrogen-bond acceptors (Lipinski definition) is 4. The van der Waals surface area contributed by atoms with Gasteiger partial charge in [0.2, 0.25) is 0 Å². The van der Waals surface area contributed by atoms with Crippen LogP contribution in [0.1, 0.15) is 37.8 Å². The number of fused-ring (bicyclic) bond motifs is 2. The molecule has 0 atom stereocenters. The van der Waals surface area contributed by atoms with Gasteiger partial charge in [-0.15, -0.1) is 0 Å². The summed E-state index contributed by atoms with van der Waals surface area (Å²) in [4.78, 5) is 4.91. The molecule has 1 aliphatic heterocycles. The van der Waals surface area contributed by atoms with E-state index in [2.05, 4.69) is 32.6 Å². The van der Waals surface area contributed by atoms with Gasteiger partial charge in [0, 0.05) is 22.3 Å².